The Labute approximate surface area is 103 Å². The number of allylic oxidation sites excluding steroid dienone is 2. The van der Waals surface area contributed by atoms with Crippen LogP contribution < -0.4 is 5.32 Å². The van der Waals surface area contributed by atoms with E-state index in [1.807, 2.05) is 0 Å². The fourth-order valence-electron chi connectivity index (χ4n) is 2.95. The molecule has 2 atom stereocenters. The zero-order valence-corrected chi connectivity index (χ0v) is 10.6. The second kappa shape index (κ2) is 5.58. The molecule has 0 aromatic carbocycles. The minimum absolute atomic E-state index is 0.0798. The van der Waals surface area contributed by atoms with Crippen molar-refractivity contribution in [3.8, 4) is 0 Å². The van der Waals surface area contributed by atoms with Gasteiger partial charge in [0.1, 0.15) is 0 Å². The lowest BCUT2D eigenvalue weighted by atomic mass is 9.85. The summed E-state index contributed by atoms with van der Waals surface area (Å²) in [6, 6.07) is 0.568. The van der Waals surface area contributed by atoms with Crippen LogP contribution in [0.15, 0.2) is 23.2 Å². The van der Waals surface area contributed by atoms with E-state index in [9.17, 15) is 10.2 Å². The Morgan fingerprint density at radius 1 is 1.41 bits per heavy atom. The molecule has 2 aliphatic carbocycles. The van der Waals surface area contributed by atoms with Crippen LogP contribution in [0.2, 0.25) is 0 Å². The lowest BCUT2D eigenvalue weighted by Crippen LogP contribution is -2.31. The van der Waals surface area contributed by atoms with Crippen LogP contribution in [0.25, 0.3) is 0 Å². The Bertz CT molecular complexity index is 333. The summed E-state index contributed by atoms with van der Waals surface area (Å²) >= 11 is 0. The van der Waals surface area contributed by atoms with Gasteiger partial charge in [0, 0.05) is 6.04 Å². The minimum atomic E-state index is 0.0798. The zero-order chi connectivity index (χ0) is 12.3. The molecule has 96 valence electrons. The third-order valence-corrected chi connectivity index (χ3v) is 3.89. The number of hydrogen-bond acceptors (Lipinski definition) is 3. The molecular formula is C14H23NO2. The standard InChI is InChI=1S/C14H23NO2/c1-2-8-15-11-4-3-5-12-10(9-11)6-7-13(16)14(12)17/h7,10-11,15-17H,2-6,8-9H2,1H3/t10-,11-/m1/s1. The number of fused-ring (bicyclic) bond motifs is 1. The van der Waals surface area contributed by atoms with Gasteiger partial charge in [-0.3, -0.25) is 0 Å². The first-order valence-electron chi connectivity index (χ1n) is 6.77. The lowest BCUT2D eigenvalue weighted by Gasteiger charge is -2.25. The quantitative estimate of drug-likeness (QED) is 0.706. The van der Waals surface area contributed by atoms with Gasteiger partial charge in [-0.25, -0.2) is 0 Å². The van der Waals surface area contributed by atoms with Crippen LogP contribution in [0.3, 0.4) is 0 Å². The van der Waals surface area contributed by atoms with E-state index >= 15 is 0 Å². The molecule has 3 heteroatoms. The van der Waals surface area contributed by atoms with Crippen molar-refractivity contribution in [2.45, 2.75) is 51.5 Å². The number of rotatable bonds is 3. The molecule has 2 aliphatic rings. The summed E-state index contributed by atoms with van der Waals surface area (Å²) in [5.74, 6) is 0.649. The molecule has 1 fully saturated rings. The first-order valence-corrected chi connectivity index (χ1v) is 6.77. The van der Waals surface area contributed by atoms with Crippen molar-refractivity contribution in [1.29, 1.82) is 0 Å². The molecule has 2 rings (SSSR count). The fraction of sp³-hybridized carbons (Fsp3) is 0.714. The molecule has 17 heavy (non-hydrogen) atoms. The Morgan fingerprint density at radius 2 is 2.24 bits per heavy atom. The molecule has 0 amide bonds. The van der Waals surface area contributed by atoms with Gasteiger partial charge in [0.25, 0.3) is 0 Å². The van der Waals surface area contributed by atoms with E-state index in [2.05, 4.69) is 12.2 Å². The van der Waals surface area contributed by atoms with Crippen LogP contribution in [0.1, 0.15) is 45.4 Å². The second-order valence-corrected chi connectivity index (χ2v) is 5.17. The second-order valence-electron chi connectivity index (χ2n) is 5.17. The maximum atomic E-state index is 9.90. The average molecular weight is 237 g/mol. The molecule has 0 bridgehead atoms. The van der Waals surface area contributed by atoms with E-state index in [0.717, 1.165) is 44.2 Å². The van der Waals surface area contributed by atoms with E-state index in [4.69, 9.17) is 0 Å². The van der Waals surface area contributed by atoms with Gasteiger partial charge in [-0.05, 0) is 62.6 Å². The van der Waals surface area contributed by atoms with Crippen molar-refractivity contribution in [2.24, 2.45) is 5.92 Å². The van der Waals surface area contributed by atoms with Gasteiger partial charge < -0.3 is 15.5 Å². The van der Waals surface area contributed by atoms with E-state index in [0.29, 0.717) is 12.0 Å². The van der Waals surface area contributed by atoms with Crippen LogP contribution >= 0.6 is 0 Å². The number of aliphatic hydroxyl groups is 2. The van der Waals surface area contributed by atoms with Crippen molar-refractivity contribution in [3.05, 3.63) is 23.2 Å². The summed E-state index contributed by atoms with van der Waals surface area (Å²) in [4.78, 5) is 0. The largest absolute Gasteiger partial charge is 0.504 e. The van der Waals surface area contributed by atoms with Crippen LogP contribution in [-0.4, -0.2) is 22.8 Å². The third kappa shape index (κ3) is 2.83. The molecule has 1 saturated carbocycles. The van der Waals surface area contributed by atoms with Crippen LogP contribution in [0, 0.1) is 5.92 Å². The van der Waals surface area contributed by atoms with Crippen molar-refractivity contribution >= 4 is 0 Å². The van der Waals surface area contributed by atoms with Gasteiger partial charge in [-0.2, -0.15) is 0 Å². The van der Waals surface area contributed by atoms with Gasteiger partial charge in [0.15, 0.2) is 11.5 Å². The molecule has 0 heterocycles. The molecule has 0 saturated heterocycles. The topological polar surface area (TPSA) is 52.5 Å². The van der Waals surface area contributed by atoms with Gasteiger partial charge in [-0.1, -0.05) is 6.92 Å². The maximum Gasteiger partial charge on any atom is 0.156 e. The average Bonchev–Trinajstić information content (AvgIpc) is 2.54. The van der Waals surface area contributed by atoms with Crippen molar-refractivity contribution in [2.75, 3.05) is 6.54 Å². The summed E-state index contributed by atoms with van der Waals surface area (Å²) in [6.45, 7) is 3.26. The lowest BCUT2D eigenvalue weighted by molar-refractivity contribution is 0.298. The SMILES string of the molecule is CCCN[C@@H]1CCCC2=C(O)C(O)=CC[C@@H]2C1. The molecule has 3 nitrogen and oxygen atoms in total. The molecule has 0 aliphatic heterocycles. The maximum absolute atomic E-state index is 9.90. The van der Waals surface area contributed by atoms with Gasteiger partial charge in [0.2, 0.25) is 0 Å². The van der Waals surface area contributed by atoms with Crippen LogP contribution in [0.4, 0.5) is 0 Å². The Balaban J connectivity index is 2.05. The molecule has 0 aromatic heterocycles. The third-order valence-electron chi connectivity index (χ3n) is 3.89. The van der Waals surface area contributed by atoms with E-state index in [1.54, 1.807) is 6.08 Å². The highest BCUT2D eigenvalue weighted by Crippen LogP contribution is 2.37. The molecule has 0 unspecified atom stereocenters. The Kier molecular flexibility index (Phi) is 4.11. The highest BCUT2D eigenvalue weighted by Gasteiger charge is 2.28. The Hall–Kier alpha value is -0.960. The summed E-state index contributed by atoms with van der Waals surface area (Å²) in [5.41, 5.74) is 1.07. The number of hydrogen-bond donors (Lipinski definition) is 3. The van der Waals surface area contributed by atoms with Crippen LogP contribution in [0.5, 0.6) is 0 Å². The van der Waals surface area contributed by atoms with Crippen molar-refractivity contribution in [3.63, 3.8) is 0 Å². The predicted octanol–water partition coefficient (Wildman–Crippen LogP) is 3.20. The predicted molar refractivity (Wildman–Crippen MR) is 69.0 cm³/mol. The fourth-order valence-corrected chi connectivity index (χ4v) is 2.95. The summed E-state index contributed by atoms with van der Waals surface area (Å²) < 4.78 is 0. The summed E-state index contributed by atoms with van der Waals surface area (Å²) in [5, 5.41) is 23.0. The van der Waals surface area contributed by atoms with E-state index < -0.39 is 0 Å². The first-order chi connectivity index (χ1) is 8.22. The highest BCUT2D eigenvalue weighted by atomic mass is 16.3. The molecule has 0 spiro atoms. The number of nitrogens with one attached hydrogen (secondary N) is 1. The monoisotopic (exact) mass is 237 g/mol. The van der Waals surface area contributed by atoms with Crippen molar-refractivity contribution < 1.29 is 10.2 Å². The number of aliphatic hydroxyl groups excluding tert-OH is 2. The van der Waals surface area contributed by atoms with E-state index in [1.165, 1.54) is 6.42 Å². The summed E-state index contributed by atoms with van der Waals surface area (Å²) in [6.07, 6.45) is 8.08. The summed E-state index contributed by atoms with van der Waals surface area (Å²) in [7, 11) is 0. The smallest absolute Gasteiger partial charge is 0.156 e. The van der Waals surface area contributed by atoms with Crippen LogP contribution in [-0.2, 0) is 0 Å². The molecule has 3 N–H and O–H groups in total. The first kappa shape index (κ1) is 12.5. The molecule has 0 radical (unpaired) electrons. The van der Waals surface area contributed by atoms with Crippen molar-refractivity contribution in [1.82, 2.24) is 5.32 Å². The van der Waals surface area contributed by atoms with Gasteiger partial charge >= 0.3 is 0 Å². The molecule has 0 aromatic rings. The van der Waals surface area contributed by atoms with Gasteiger partial charge in [-0.15, -0.1) is 0 Å². The Morgan fingerprint density at radius 3 is 3.00 bits per heavy atom. The normalized spacial score (nSPS) is 29.6. The molecular weight excluding hydrogens is 214 g/mol. The van der Waals surface area contributed by atoms with E-state index in [-0.39, 0.29) is 11.5 Å². The minimum Gasteiger partial charge on any atom is -0.504 e. The highest BCUT2D eigenvalue weighted by molar-refractivity contribution is 5.31. The van der Waals surface area contributed by atoms with Gasteiger partial charge in [0.05, 0.1) is 0 Å². The zero-order valence-electron chi connectivity index (χ0n) is 10.6.